The SMILES string of the molecule is CC1(C)CC1C(=O)N1CCC(OCCC(=O)O)CC1. The predicted octanol–water partition coefficient (Wildman–Crippen LogP) is 1.51. The van der Waals surface area contributed by atoms with Gasteiger partial charge in [0.05, 0.1) is 19.1 Å². The number of hydrogen-bond donors (Lipinski definition) is 1. The van der Waals surface area contributed by atoms with Gasteiger partial charge in [0.2, 0.25) is 5.91 Å². The molecule has 1 amide bonds. The van der Waals surface area contributed by atoms with Crippen molar-refractivity contribution in [3.05, 3.63) is 0 Å². The lowest BCUT2D eigenvalue weighted by molar-refractivity contribution is -0.139. The maximum atomic E-state index is 12.2. The highest BCUT2D eigenvalue weighted by molar-refractivity contribution is 5.82. The van der Waals surface area contributed by atoms with Crippen molar-refractivity contribution < 1.29 is 19.4 Å². The van der Waals surface area contributed by atoms with Crippen molar-refractivity contribution in [3.63, 3.8) is 0 Å². The minimum absolute atomic E-state index is 0.0510. The third kappa shape index (κ3) is 3.69. The third-order valence-electron chi connectivity index (χ3n) is 4.23. The first-order valence-electron chi connectivity index (χ1n) is 7.02. The van der Waals surface area contributed by atoms with E-state index in [-0.39, 0.29) is 36.4 Å². The van der Waals surface area contributed by atoms with Crippen LogP contribution in [0.3, 0.4) is 0 Å². The predicted molar refractivity (Wildman–Crippen MR) is 69.7 cm³/mol. The van der Waals surface area contributed by atoms with Gasteiger partial charge in [0, 0.05) is 19.0 Å². The lowest BCUT2D eigenvalue weighted by Crippen LogP contribution is -2.42. The Bertz CT molecular complexity index is 358. The Morgan fingerprint density at radius 2 is 1.89 bits per heavy atom. The summed E-state index contributed by atoms with van der Waals surface area (Å²) in [6, 6.07) is 0. The zero-order chi connectivity index (χ0) is 14.0. The Labute approximate surface area is 113 Å². The van der Waals surface area contributed by atoms with Gasteiger partial charge in [0.1, 0.15) is 0 Å². The third-order valence-corrected chi connectivity index (χ3v) is 4.23. The van der Waals surface area contributed by atoms with Crippen LogP contribution >= 0.6 is 0 Å². The Balaban J connectivity index is 1.68. The number of hydrogen-bond acceptors (Lipinski definition) is 3. The van der Waals surface area contributed by atoms with Crippen LogP contribution in [0.1, 0.15) is 39.5 Å². The summed E-state index contributed by atoms with van der Waals surface area (Å²) in [6.07, 6.45) is 2.79. The van der Waals surface area contributed by atoms with Gasteiger partial charge in [-0.15, -0.1) is 0 Å². The van der Waals surface area contributed by atoms with E-state index in [0.717, 1.165) is 32.4 Å². The Hall–Kier alpha value is -1.10. The number of carbonyl (C=O) groups is 2. The number of rotatable bonds is 5. The Morgan fingerprint density at radius 3 is 2.37 bits per heavy atom. The zero-order valence-electron chi connectivity index (χ0n) is 11.7. The van der Waals surface area contributed by atoms with Crippen molar-refractivity contribution in [2.24, 2.45) is 11.3 Å². The molecule has 1 saturated carbocycles. The monoisotopic (exact) mass is 269 g/mol. The topological polar surface area (TPSA) is 66.8 Å². The molecule has 0 spiro atoms. The van der Waals surface area contributed by atoms with E-state index in [2.05, 4.69) is 13.8 Å². The molecule has 1 N–H and O–H groups in total. The lowest BCUT2D eigenvalue weighted by atomic mass is 10.1. The van der Waals surface area contributed by atoms with Crippen molar-refractivity contribution in [2.75, 3.05) is 19.7 Å². The molecule has 5 heteroatoms. The van der Waals surface area contributed by atoms with Gasteiger partial charge in [-0.1, -0.05) is 13.8 Å². The number of likely N-dealkylation sites (tertiary alicyclic amines) is 1. The summed E-state index contributed by atoms with van der Waals surface area (Å²) in [6.45, 7) is 6.02. The molecule has 1 atom stereocenters. The van der Waals surface area contributed by atoms with E-state index in [1.165, 1.54) is 0 Å². The highest BCUT2D eigenvalue weighted by Gasteiger charge is 2.52. The highest BCUT2D eigenvalue weighted by Crippen LogP contribution is 2.52. The van der Waals surface area contributed by atoms with Crippen LogP contribution in [-0.2, 0) is 14.3 Å². The van der Waals surface area contributed by atoms with Crippen LogP contribution in [0.4, 0.5) is 0 Å². The summed E-state index contributed by atoms with van der Waals surface area (Å²) in [5, 5.41) is 8.54. The molecular weight excluding hydrogens is 246 g/mol. The molecule has 2 aliphatic rings. The number of amides is 1. The molecule has 5 nitrogen and oxygen atoms in total. The lowest BCUT2D eigenvalue weighted by Gasteiger charge is -2.32. The average Bonchev–Trinajstić information content (AvgIpc) is 2.98. The number of carbonyl (C=O) groups excluding carboxylic acids is 1. The molecule has 1 saturated heterocycles. The van der Waals surface area contributed by atoms with Crippen molar-refractivity contribution in [2.45, 2.75) is 45.6 Å². The summed E-state index contributed by atoms with van der Waals surface area (Å²) in [4.78, 5) is 24.5. The Morgan fingerprint density at radius 1 is 1.32 bits per heavy atom. The standard InChI is InChI=1S/C14H23NO4/c1-14(2)9-11(14)13(18)15-6-3-10(4-7-15)19-8-5-12(16)17/h10-11H,3-9H2,1-2H3,(H,16,17). The Kier molecular flexibility index (Phi) is 4.13. The van der Waals surface area contributed by atoms with E-state index < -0.39 is 5.97 Å². The molecule has 0 aromatic heterocycles. The van der Waals surface area contributed by atoms with Gasteiger partial charge in [-0.05, 0) is 24.7 Å². The van der Waals surface area contributed by atoms with Crippen LogP contribution < -0.4 is 0 Å². The van der Waals surface area contributed by atoms with Gasteiger partial charge in [-0.25, -0.2) is 0 Å². The van der Waals surface area contributed by atoms with E-state index in [1.807, 2.05) is 4.90 Å². The van der Waals surface area contributed by atoms with Crippen LogP contribution in [0.2, 0.25) is 0 Å². The van der Waals surface area contributed by atoms with Gasteiger partial charge in [-0.2, -0.15) is 0 Å². The van der Waals surface area contributed by atoms with E-state index in [0.29, 0.717) is 0 Å². The minimum Gasteiger partial charge on any atom is -0.481 e. The smallest absolute Gasteiger partial charge is 0.305 e. The first kappa shape index (κ1) is 14.3. The number of ether oxygens (including phenoxy) is 1. The first-order valence-corrected chi connectivity index (χ1v) is 7.02. The largest absolute Gasteiger partial charge is 0.481 e. The van der Waals surface area contributed by atoms with Gasteiger partial charge in [-0.3, -0.25) is 9.59 Å². The number of aliphatic carboxylic acids is 1. The normalized spacial score (nSPS) is 26.2. The molecule has 1 heterocycles. The molecular formula is C14H23NO4. The number of piperidine rings is 1. The fourth-order valence-electron chi connectivity index (χ4n) is 2.66. The van der Waals surface area contributed by atoms with Crippen molar-refractivity contribution in [1.29, 1.82) is 0 Å². The molecule has 1 aliphatic carbocycles. The summed E-state index contributed by atoms with van der Waals surface area (Å²) in [5.41, 5.74) is 0.186. The summed E-state index contributed by atoms with van der Waals surface area (Å²) < 4.78 is 5.52. The minimum atomic E-state index is -0.830. The molecule has 0 aromatic carbocycles. The molecule has 1 unspecified atom stereocenters. The fourth-order valence-corrected chi connectivity index (χ4v) is 2.66. The van der Waals surface area contributed by atoms with Crippen LogP contribution in [0.25, 0.3) is 0 Å². The van der Waals surface area contributed by atoms with Crippen molar-refractivity contribution in [3.8, 4) is 0 Å². The quantitative estimate of drug-likeness (QED) is 0.821. The molecule has 0 bridgehead atoms. The van der Waals surface area contributed by atoms with Crippen LogP contribution in [0.15, 0.2) is 0 Å². The molecule has 19 heavy (non-hydrogen) atoms. The summed E-state index contributed by atoms with van der Waals surface area (Å²) >= 11 is 0. The molecule has 0 radical (unpaired) electrons. The van der Waals surface area contributed by atoms with E-state index in [4.69, 9.17) is 9.84 Å². The fraction of sp³-hybridized carbons (Fsp3) is 0.857. The molecule has 1 aliphatic heterocycles. The maximum absolute atomic E-state index is 12.2. The molecule has 2 rings (SSSR count). The van der Waals surface area contributed by atoms with Gasteiger partial charge in [0.15, 0.2) is 0 Å². The van der Waals surface area contributed by atoms with Crippen molar-refractivity contribution >= 4 is 11.9 Å². The average molecular weight is 269 g/mol. The maximum Gasteiger partial charge on any atom is 0.305 e. The van der Waals surface area contributed by atoms with E-state index in [9.17, 15) is 9.59 Å². The summed E-state index contributed by atoms with van der Waals surface area (Å²) in [5.74, 6) is -0.338. The molecule has 2 fully saturated rings. The van der Waals surface area contributed by atoms with E-state index in [1.54, 1.807) is 0 Å². The van der Waals surface area contributed by atoms with E-state index >= 15 is 0 Å². The number of carboxylic acid groups (broad SMARTS) is 1. The van der Waals surface area contributed by atoms with Gasteiger partial charge >= 0.3 is 5.97 Å². The van der Waals surface area contributed by atoms with Gasteiger partial charge < -0.3 is 14.7 Å². The van der Waals surface area contributed by atoms with Crippen LogP contribution in [0.5, 0.6) is 0 Å². The zero-order valence-corrected chi connectivity index (χ0v) is 11.7. The van der Waals surface area contributed by atoms with Crippen LogP contribution in [-0.4, -0.2) is 47.7 Å². The molecule has 0 aromatic rings. The summed E-state index contributed by atoms with van der Waals surface area (Å²) in [7, 11) is 0. The second-order valence-corrected chi connectivity index (χ2v) is 6.28. The second-order valence-electron chi connectivity index (χ2n) is 6.28. The first-order chi connectivity index (χ1) is 8.90. The molecule has 108 valence electrons. The number of carboxylic acids is 1. The van der Waals surface area contributed by atoms with Crippen LogP contribution in [0, 0.1) is 11.3 Å². The number of nitrogens with zero attached hydrogens (tertiary/aromatic N) is 1. The second kappa shape index (κ2) is 5.49. The highest BCUT2D eigenvalue weighted by atomic mass is 16.5. The van der Waals surface area contributed by atoms with Crippen molar-refractivity contribution in [1.82, 2.24) is 4.90 Å². The van der Waals surface area contributed by atoms with Gasteiger partial charge in [0.25, 0.3) is 0 Å².